The van der Waals surface area contributed by atoms with Crippen LogP contribution in [-0.2, 0) is 6.42 Å². The fourth-order valence-electron chi connectivity index (χ4n) is 1.19. The van der Waals surface area contributed by atoms with E-state index in [9.17, 15) is 0 Å². The molecule has 0 spiro atoms. The first-order valence-corrected chi connectivity index (χ1v) is 4.43. The van der Waals surface area contributed by atoms with Crippen molar-refractivity contribution in [3.8, 4) is 18.1 Å². The molecule has 0 fully saturated rings. The van der Waals surface area contributed by atoms with Gasteiger partial charge in [0.2, 0.25) is 0 Å². The van der Waals surface area contributed by atoms with Crippen LogP contribution in [0.1, 0.15) is 18.4 Å². The van der Waals surface area contributed by atoms with Gasteiger partial charge < -0.3 is 4.74 Å². The maximum Gasteiger partial charge on any atom is 0.118 e. The van der Waals surface area contributed by atoms with Gasteiger partial charge >= 0.3 is 0 Å². The van der Waals surface area contributed by atoms with Gasteiger partial charge in [-0.1, -0.05) is 12.1 Å². The lowest BCUT2D eigenvalue weighted by atomic mass is 10.1. The maximum atomic E-state index is 5.17. The summed E-state index contributed by atoms with van der Waals surface area (Å²) >= 11 is 0. The molecule has 0 aliphatic rings. The minimum absolute atomic E-state index is 0.853. The van der Waals surface area contributed by atoms with Crippen molar-refractivity contribution < 1.29 is 4.74 Å². The maximum absolute atomic E-state index is 5.17. The number of rotatable bonds is 4. The molecule has 1 heteroatoms. The molecule has 68 valence electrons. The molecule has 0 heterocycles. The Morgan fingerprint density at radius 1 is 1.31 bits per heavy atom. The summed E-state index contributed by atoms with van der Waals surface area (Å²) in [6, 6.07) is 8.11. The number of terminal acetylenes is 1. The topological polar surface area (TPSA) is 9.23 Å². The van der Waals surface area contributed by atoms with Gasteiger partial charge in [-0.15, -0.1) is 12.3 Å². The van der Waals surface area contributed by atoms with E-state index < -0.39 is 0 Å². The van der Waals surface area contributed by atoms with Gasteiger partial charge in [-0.05, 0) is 30.5 Å². The highest BCUT2D eigenvalue weighted by Crippen LogP contribution is 2.12. The minimum Gasteiger partial charge on any atom is -0.497 e. The average Bonchev–Trinajstić information content (AvgIpc) is 2.19. The Balaban J connectivity index is 2.45. The molecule has 0 saturated heterocycles. The van der Waals surface area contributed by atoms with Crippen LogP contribution in [0.3, 0.4) is 0 Å². The number of unbranched alkanes of at least 4 members (excludes halogenated alkanes) is 1. The van der Waals surface area contributed by atoms with Gasteiger partial charge in [0.05, 0.1) is 7.11 Å². The molecule has 1 aromatic rings. The zero-order valence-corrected chi connectivity index (χ0v) is 7.92. The van der Waals surface area contributed by atoms with Crippen LogP contribution in [0.25, 0.3) is 0 Å². The highest BCUT2D eigenvalue weighted by Gasteiger charge is 1.93. The minimum atomic E-state index is 0.853. The number of hydrogen-bond donors (Lipinski definition) is 0. The standard InChI is InChI=1S/C12H14O/c1-3-4-5-6-11-7-9-12(13-2)10-8-11/h1,7-10H,4-6H2,2H3. The van der Waals surface area contributed by atoms with E-state index in [1.165, 1.54) is 5.56 Å². The van der Waals surface area contributed by atoms with E-state index in [4.69, 9.17) is 11.2 Å². The summed E-state index contributed by atoms with van der Waals surface area (Å²) in [6.07, 6.45) is 8.13. The van der Waals surface area contributed by atoms with Crippen molar-refractivity contribution in [2.24, 2.45) is 0 Å². The van der Waals surface area contributed by atoms with Crippen molar-refractivity contribution in [2.75, 3.05) is 7.11 Å². The predicted molar refractivity (Wildman–Crippen MR) is 54.8 cm³/mol. The molecule has 0 saturated carbocycles. The first-order chi connectivity index (χ1) is 6.36. The van der Waals surface area contributed by atoms with Crippen LogP contribution in [0.4, 0.5) is 0 Å². The van der Waals surface area contributed by atoms with Gasteiger partial charge in [-0.3, -0.25) is 0 Å². The van der Waals surface area contributed by atoms with Crippen molar-refractivity contribution in [1.29, 1.82) is 0 Å². The number of methoxy groups -OCH3 is 1. The third-order valence-corrected chi connectivity index (χ3v) is 1.95. The molecule has 1 rings (SSSR count). The van der Waals surface area contributed by atoms with Gasteiger partial charge in [-0.2, -0.15) is 0 Å². The normalized spacial score (nSPS) is 9.23. The summed E-state index contributed by atoms with van der Waals surface area (Å²) in [7, 11) is 1.67. The Morgan fingerprint density at radius 3 is 2.54 bits per heavy atom. The Morgan fingerprint density at radius 2 is 2.00 bits per heavy atom. The molecular weight excluding hydrogens is 160 g/mol. The number of benzene rings is 1. The summed E-state index contributed by atoms with van der Waals surface area (Å²) in [4.78, 5) is 0. The van der Waals surface area contributed by atoms with Crippen LogP contribution < -0.4 is 4.74 Å². The molecule has 13 heavy (non-hydrogen) atoms. The molecule has 0 aliphatic heterocycles. The first kappa shape index (κ1) is 9.67. The van der Waals surface area contributed by atoms with Gasteiger partial charge in [0.15, 0.2) is 0 Å². The van der Waals surface area contributed by atoms with Gasteiger partial charge in [0.25, 0.3) is 0 Å². The molecule has 0 amide bonds. The number of ether oxygens (including phenoxy) is 1. The molecule has 0 atom stereocenters. The largest absolute Gasteiger partial charge is 0.497 e. The molecule has 0 radical (unpaired) electrons. The lowest BCUT2D eigenvalue weighted by Gasteiger charge is -2.01. The smallest absolute Gasteiger partial charge is 0.118 e. The summed E-state index contributed by atoms with van der Waals surface area (Å²) < 4.78 is 5.06. The highest BCUT2D eigenvalue weighted by atomic mass is 16.5. The highest BCUT2D eigenvalue weighted by molar-refractivity contribution is 5.27. The quantitative estimate of drug-likeness (QED) is 0.503. The molecule has 0 bridgehead atoms. The van der Waals surface area contributed by atoms with Crippen LogP contribution in [0.5, 0.6) is 5.75 Å². The fraction of sp³-hybridized carbons (Fsp3) is 0.333. The van der Waals surface area contributed by atoms with Gasteiger partial charge in [0, 0.05) is 6.42 Å². The van der Waals surface area contributed by atoms with Crippen LogP contribution in [0, 0.1) is 12.3 Å². The van der Waals surface area contributed by atoms with Crippen LogP contribution in [0.15, 0.2) is 24.3 Å². The summed E-state index contributed by atoms with van der Waals surface area (Å²) in [6.45, 7) is 0. The lowest BCUT2D eigenvalue weighted by molar-refractivity contribution is 0.414. The molecular formula is C12H14O. The van der Waals surface area contributed by atoms with Crippen molar-refractivity contribution >= 4 is 0 Å². The van der Waals surface area contributed by atoms with E-state index in [1.54, 1.807) is 7.11 Å². The Bertz CT molecular complexity index is 279. The van der Waals surface area contributed by atoms with E-state index >= 15 is 0 Å². The second kappa shape index (κ2) is 5.27. The Labute approximate surface area is 79.7 Å². The second-order valence-electron chi connectivity index (χ2n) is 2.91. The first-order valence-electron chi connectivity index (χ1n) is 4.43. The Hall–Kier alpha value is -1.42. The van der Waals surface area contributed by atoms with E-state index in [0.29, 0.717) is 0 Å². The third kappa shape index (κ3) is 3.21. The van der Waals surface area contributed by atoms with E-state index in [-0.39, 0.29) is 0 Å². The Kier molecular flexibility index (Phi) is 3.92. The van der Waals surface area contributed by atoms with E-state index in [0.717, 1.165) is 25.0 Å². The predicted octanol–water partition coefficient (Wildman–Crippen LogP) is 2.65. The van der Waals surface area contributed by atoms with Crippen LogP contribution in [-0.4, -0.2) is 7.11 Å². The van der Waals surface area contributed by atoms with Crippen molar-refractivity contribution in [1.82, 2.24) is 0 Å². The van der Waals surface area contributed by atoms with E-state index in [1.807, 2.05) is 12.1 Å². The second-order valence-corrected chi connectivity index (χ2v) is 2.91. The molecule has 0 aromatic heterocycles. The third-order valence-electron chi connectivity index (χ3n) is 1.95. The molecule has 0 unspecified atom stereocenters. The molecule has 0 N–H and O–H groups in total. The molecule has 0 aliphatic carbocycles. The number of hydrogen-bond acceptors (Lipinski definition) is 1. The van der Waals surface area contributed by atoms with Gasteiger partial charge in [-0.25, -0.2) is 0 Å². The van der Waals surface area contributed by atoms with Crippen LogP contribution in [0.2, 0.25) is 0 Å². The average molecular weight is 174 g/mol. The molecule has 1 nitrogen and oxygen atoms in total. The van der Waals surface area contributed by atoms with Crippen molar-refractivity contribution in [3.63, 3.8) is 0 Å². The van der Waals surface area contributed by atoms with E-state index in [2.05, 4.69) is 18.1 Å². The molecule has 1 aromatic carbocycles. The number of aryl methyl sites for hydroxylation is 1. The zero-order chi connectivity index (χ0) is 9.52. The van der Waals surface area contributed by atoms with Crippen LogP contribution >= 0.6 is 0 Å². The lowest BCUT2D eigenvalue weighted by Crippen LogP contribution is -1.86. The fourth-order valence-corrected chi connectivity index (χ4v) is 1.19. The van der Waals surface area contributed by atoms with Crippen molar-refractivity contribution in [3.05, 3.63) is 29.8 Å². The summed E-state index contributed by atoms with van der Waals surface area (Å²) in [5, 5.41) is 0. The van der Waals surface area contributed by atoms with Crippen molar-refractivity contribution in [2.45, 2.75) is 19.3 Å². The summed E-state index contributed by atoms with van der Waals surface area (Å²) in [5.74, 6) is 3.54. The summed E-state index contributed by atoms with van der Waals surface area (Å²) in [5.41, 5.74) is 1.32. The monoisotopic (exact) mass is 174 g/mol. The SMILES string of the molecule is C#CCCCc1ccc(OC)cc1. The zero-order valence-electron chi connectivity index (χ0n) is 7.92. The van der Waals surface area contributed by atoms with Gasteiger partial charge in [0.1, 0.15) is 5.75 Å².